The van der Waals surface area contributed by atoms with Crippen molar-refractivity contribution in [2.75, 3.05) is 0 Å². The van der Waals surface area contributed by atoms with E-state index < -0.39 is 17.2 Å². The summed E-state index contributed by atoms with van der Waals surface area (Å²) in [5.74, 6) is -1.25. The van der Waals surface area contributed by atoms with Gasteiger partial charge in [0.1, 0.15) is 11.3 Å². The Morgan fingerprint density at radius 3 is 2.70 bits per heavy atom. The summed E-state index contributed by atoms with van der Waals surface area (Å²) < 4.78 is 29.0. The monoisotopic (exact) mass is 314 g/mol. The highest BCUT2D eigenvalue weighted by Gasteiger charge is 2.13. The summed E-state index contributed by atoms with van der Waals surface area (Å²) in [5, 5.41) is 11.9. The van der Waals surface area contributed by atoms with Crippen molar-refractivity contribution in [3.8, 4) is 5.69 Å². The SMILES string of the molecule is Cc1nc2nnc3c(=O)n(-c4ccc(F)c(F)c4)ccc3n2n1. The quantitative estimate of drug-likeness (QED) is 0.531. The maximum atomic E-state index is 13.4. The normalized spacial score (nSPS) is 11.4. The molecule has 4 aromatic rings. The molecule has 1 aromatic carbocycles. The molecule has 0 N–H and O–H groups in total. The van der Waals surface area contributed by atoms with Gasteiger partial charge < -0.3 is 0 Å². The number of hydrogen-bond acceptors (Lipinski definition) is 5. The number of hydrogen-bond donors (Lipinski definition) is 0. The number of benzene rings is 1. The van der Waals surface area contributed by atoms with Crippen molar-refractivity contribution in [2.45, 2.75) is 6.92 Å². The zero-order valence-corrected chi connectivity index (χ0v) is 11.7. The van der Waals surface area contributed by atoms with Crippen molar-refractivity contribution in [3.05, 3.63) is 58.3 Å². The van der Waals surface area contributed by atoms with Gasteiger partial charge in [0, 0.05) is 12.3 Å². The molecule has 4 rings (SSSR count). The molecule has 0 saturated heterocycles. The van der Waals surface area contributed by atoms with Gasteiger partial charge in [-0.2, -0.15) is 9.50 Å². The summed E-state index contributed by atoms with van der Waals surface area (Å²) in [6.45, 7) is 1.70. The van der Waals surface area contributed by atoms with Crippen LogP contribution in [0.4, 0.5) is 8.78 Å². The molecule has 23 heavy (non-hydrogen) atoms. The molecule has 0 aliphatic rings. The molecule has 114 valence electrons. The van der Waals surface area contributed by atoms with Crippen LogP contribution in [0.1, 0.15) is 5.82 Å². The van der Waals surface area contributed by atoms with Crippen LogP contribution >= 0.6 is 0 Å². The summed E-state index contributed by atoms with van der Waals surface area (Å²) in [7, 11) is 0. The van der Waals surface area contributed by atoms with Crippen molar-refractivity contribution >= 4 is 16.8 Å². The summed E-state index contributed by atoms with van der Waals surface area (Å²) in [6.07, 6.45) is 1.44. The van der Waals surface area contributed by atoms with E-state index in [0.717, 1.165) is 16.7 Å². The summed E-state index contributed by atoms with van der Waals surface area (Å²) in [6, 6.07) is 4.79. The zero-order valence-electron chi connectivity index (χ0n) is 11.7. The number of pyridine rings is 1. The fourth-order valence-corrected chi connectivity index (χ4v) is 2.34. The second-order valence-electron chi connectivity index (χ2n) is 4.89. The van der Waals surface area contributed by atoms with Gasteiger partial charge in [0.15, 0.2) is 17.2 Å². The highest BCUT2D eigenvalue weighted by Crippen LogP contribution is 2.14. The molecule has 0 fully saturated rings. The molecule has 0 atom stereocenters. The molecule has 0 unspecified atom stereocenters. The first-order chi connectivity index (χ1) is 11.0. The summed E-state index contributed by atoms with van der Waals surface area (Å²) in [4.78, 5) is 16.6. The molecule has 0 bridgehead atoms. The number of halogens is 2. The molecule has 0 radical (unpaired) electrons. The Labute approximate surface area is 126 Å². The smallest absolute Gasteiger partial charge is 0.282 e. The first-order valence-corrected chi connectivity index (χ1v) is 6.61. The fourth-order valence-electron chi connectivity index (χ4n) is 2.34. The molecular weight excluding hydrogens is 306 g/mol. The lowest BCUT2D eigenvalue weighted by molar-refractivity contribution is 0.508. The number of fused-ring (bicyclic) bond motifs is 3. The van der Waals surface area contributed by atoms with E-state index in [1.54, 1.807) is 13.0 Å². The second-order valence-corrected chi connectivity index (χ2v) is 4.89. The minimum absolute atomic E-state index is 0.0506. The van der Waals surface area contributed by atoms with Crippen LogP contribution < -0.4 is 5.56 Å². The largest absolute Gasteiger partial charge is 0.285 e. The van der Waals surface area contributed by atoms with Gasteiger partial charge in [-0.15, -0.1) is 15.3 Å². The van der Waals surface area contributed by atoms with E-state index in [1.807, 2.05) is 0 Å². The molecule has 0 spiro atoms. The van der Waals surface area contributed by atoms with Crippen LogP contribution in [0.3, 0.4) is 0 Å². The van der Waals surface area contributed by atoms with Crippen molar-refractivity contribution in [3.63, 3.8) is 0 Å². The van der Waals surface area contributed by atoms with Crippen LogP contribution in [0.2, 0.25) is 0 Å². The molecule has 7 nitrogen and oxygen atoms in total. The number of aromatic nitrogens is 6. The van der Waals surface area contributed by atoms with Gasteiger partial charge in [-0.1, -0.05) is 0 Å². The zero-order chi connectivity index (χ0) is 16.1. The lowest BCUT2D eigenvalue weighted by Crippen LogP contribution is -2.20. The van der Waals surface area contributed by atoms with Gasteiger partial charge in [-0.25, -0.2) is 8.78 Å². The molecule has 0 aliphatic heterocycles. The lowest BCUT2D eigenvalue weighted by Gasteiger charge is -2.07. The minimum atomic E-state index is -1.04. The molecule has 0 amide bonds. The molecule has 3 heterocycles. The Morgan fingerprint density at radius 1 is 1.09 bits per heavy atom. The molecule has 3 aromatic heterocycles. The summed E-state index contributed by atoms with van der Waals surface area (Å²) >= 11 is 0. The van der Waals surface area contributed by atoms with Gasteiger partial charge in [0.2, 0.25) is 0 Å². The Hall–Kier alpha value is -3.23. The third kappa shape index (κ3) is 1.97. The Kier molecular flexibility index (Phi) is 2.71. The van der Waals surface area contributed by atoms with E-state index >= 15 is 0 Å². The maximum absolute atomic E-state index is 13.4. The fraction of sp³-hybridized carbons (Fsp3) is 0.0714. The molecular formula is C14H8F2N6O. The van der Waals surface area contributed by atoms with E-state index in [2.05, 4.69) is 20.3 Å². The van der Waals surface area contributed by atoms with Gasteiger partial charge >= 0.3 is 0 Å². The average molecular weight is 314 g/mol. The lowest BCUT2D eigenvalue weighted by atomic mass is 10.3. The van der Waals surface area contributed by atoms with Crippen molar-refractivity contribution in [1.82, 2.24) is 29.4 Å². The predicted octanol–water partition coefficient (Wildman–Crippen LogP) is 1.41. The third-order valence-corrected chi connectivity index (χ3v) is 3.39. The molecule has 0 aliphatic carbocycles. The summed E-state index contributed by atoms with van der Waals surface area (Å²) in [5.41, 5.74) is 0.151. The van der Waals surface area contributed by atoms with Gasteiger partial charge in [-0.05, 0) is 25.1 Å². The van der Waals surface area contributed by atoms with Crippen molar-refractivity contribution < 1.29 is 8.78 Å². The van der Waals surface area contributed by atoms with Gasteiger partial charge in [0.05, 0.1) is 5.69 Å². The topological polar surface area (TPSA) is 78.0 Å². The van der Waals surface area contributed by atoms with Crippen LogP contribution in [0, 0.1) is 18.6 Å². The Balaban J connectivity index is 2.02. The van der Waals surface area contributed by atoms with Gasteiger partial charge in [0.25, 0.3) is 11.3 Å². The average Bonchev–Trinajstić information content (AvgIpc) is 2.91. The first-order valence-electron chi connectivity index (χ1n) is 6.61. The second kappa shape index (κ2) is 4.63. The van der Waals surface area contributed by atoms with Crippen LogP contribution in [0.15, 0.2) is 35.3 Å². The highest BCUT2D eigenvalue weighted by atomic mass is 19.2. The van der Waals surface area contributed by atoms with Crippen molar-refractivity contribution in [1.29, 1.82) is 0 Å². The van der Waals surface area contributed by atoms with Crippen LogP contribution in [-0.4, -0.2) is 29.4 Å². The van der Waals surface area contributed by atoms with E-state index in [4.69, 9.17) is 0 Å². The van der Waals surface area contributed by atoms with Crippen molar-refractivity contribution in [2.24, 2.45) is 0 Å². The van der Waals surface area contributed by atoms with E-state index in [9.17, 15) is 13.6 Å². The van der Waals surface area contributed by atoms with E-state index in [0.29, 0.717) is 11.3 Å². The third-order valence-electron chi connectivity index (χ3n) is 3.39. The Morgan fingerprint density at radius 2 is 1.91 bits per heavy atom. The maximum Gasteiger partial charge on any atom is 0.285 e. The standard InChI is InChI=1S/C14H8F2N6O/c1-7-17-14-19-18-12-11(22(14)20-7)4-5-21(13(12)23)8-2-3-9(15)10(16)6-8/h2-6H,1H3. The van der Waals surface area contributed by atoms with E-state index in [-0.39, 0.29) is 17.0 Å². The molecule has 9 heteroatoms. The van der Waals surface area contributed by atoms with Crippen LogP contribution in [0.25, 0.3) is 22.5 Å². The molecule has 0 saturated carbocycles. The number of aryl methyl sites for hydroxylation is 1. The number of rotatable bonds is 1. The van der Waals surface area contributed by atoms with Crippen LogP contribution in [-0.2, 0) is 0 Å². The predicted molar refractivity (Wildman–Crippen MR) is 76.3 cm³/mol. The minimum Gasteiger partial charge on any atom is -0.282 e. The Bertz CT molecular complexity index is 1130. The highest BCUT2D eigenvalue weighted by molar-refractivity contribution is 5.74. The van der Waals surface area contributed by atoms with E-state index in [1.165, 1.54) is 16.8 Å². The first kappa shape index (κ1) is 13.4. The number of nitrogens with zero attached hydrogens (tertiary/aromatic N) is 6. The van der Waals surface area contributed by atoms with Crippen LogP contribution in [0.5, 0.6) is 0 Å². The van der Waals surface area contributed by atoms with Gasteiger partial charge in [-0.3, -0.25) is 9.36 Å².